The molecule has 0 N–H and O–H groups in total. The number of rotatable bonds is 4. The average Bonchev–Trinajstić information content (AvgIpc) is 3.25. The summed E-state index contributed by atoms with van der Waals surface area (Å²) in [4.78, 5) is 19.5. The van der Waals surface area contributed by atoms with Gasteiger partial charge in [-0.2, -0.15) is 0 Å². The predicted molar refractivity (Wildman–Crippen MR) is 118 cm³/mol. The van der Waals surface area contributed by atoms with Gasteiger partial charge >= 0.3 is 0 Å². The Morgan fingerprint density at radius 1 is 1.17 bits per heavy atom. The summed E-state index contributed by atoms with van der Waals surface area (Å²) in [5, 5.41) is -0.425. The Labute approximate surface area is 179 Å². The molecule has 1 saturated heterocycles. The van der Waals surface area contributed by atoms with Crippen LogP contribution >= 0.6 is 0 Å². The van der Waals surface area contributed by atoms with Gasteiger partial charge in [0.15, 0.2) is 0 Å². The van der Waals surface area contributed by atoms with Crippen molar-refractivity contribution in [2.75, 3.05) is 18.0 Å². The molecule has 7 heteroatoms. The summed E-state index contributed by atoms with van der Waals surface area (Å²) < 4.78 is 26.6. The molecule has 4 rings (SSSR count). The zero-order chi connectivity index (χ0) is 21.8. The number of aromatic nitrogens is 1. The van der Waals surface area contributed by atoms with Gasteiger partial charge in [-0.05, 0) is 64.3 Å². The summed E-state index contributed by atoms with van der Waals surface area (Å²) in [5.74, 6) is 0.0563. The standard InChI is InChI=1S/C23H29N3O3S/c1-15(2)30(28,29)25-9-8-17(14-25)18-11-19(13-24-12-18)26-22(27)20-7-6-16(3)10-21(20)23(26,4)5/h6-7,10-13,15,17H,8-9,14H2,1-5H3/t17-/m1/s1. The van der Waals surface area contributed by atoms with Crippen molar-refractivity contribution in [3.8, 4) is 0 Å². The first-order chi connectivity index (χ1) is 14.0. The van der Waals surface area contributed by atoms with Crippen LogP contribution in [0.15, 0.2) is 36.7 Å². The van der Waals surface area contributed by atoms with E-state index in [0.717, 1.165) is 34.4 Å². The molecule has 1 fully saturated rings. The van der Waals surface area contributed by atoms with E-state index in [0.29, 0.717) is 13.1 Å². The number of aryl methyl sites for hydroxylation is 1. The maximum absolute atomic E-state index is 13.2. The van der Waals surface area contributed by atoms with E-state index in [9.17, 15) is 13.2 Å². The molecular weight excluding hydrogens is 398 g/mol. The normalized spacial score (nSPS) is 21.5. The molecule has 3 heterocycles. The van der Waals surface area contributed by atoms with Crippen LogP contribution in [-0.4, -0.2) is 42.0 Å². The molecule has 0 aliphatic carbocycles. The molecule has 0 radical (unpaired) electrons. The minimum absolute atomic E-state index is 0.0237. The number of amides is 1. The van der Waals surface area contributed by atoms with E-state index in [-0.39, 0.29) is 11.8 Å². The summed E-state index contributed by atoms with van der Waals surface area (Å²) in [7, 11) is -3.26. The van der Waals surface area contributed by atoms with Crippen LogP contribution in [0.2, 0.25) is 0 Å². The first-order valence-corrected chi connectivity index (χ1v) is 11.9. The van der Waals surface area contributed by atoms with Gasteiger partial charge in [0.05, 0.1) is 22.7 Å². The average molecular weight is 428 g/mol. The van der Waals surface area contributed by atoms with Crippen molar-refractivity contribution in [2.45, 2.75) is 57.7 Å². The molecule has 2 aromatic rings. The highest BCUT2D eigenvalue weighted by Gasteiger charge is 2.44. The third-order valence-corrected chi connectivity index (χ3v) is 8.65. The van der Waals surface area contributed by atoms with E-state index < -0.39 is 20.8 Å². The highest BCUT2D eigenvalue weighted by molar-refractivity contribution is 7.89. The van der Waals surface area contributed by atoms with Gasteiger partial charge < -0.3 is 0 Å². The Bertz CT molecular complexity index is 1110. The Hall–Kier alpha value is -2.25. The Morgan fingerprint density at radius 3 is 2.60 bits per heavy atom. The van der Waals surface area contributed by atoms with E-state index in [1.165, 1.54) is 0 Å². The zero-order valence-corrected chi connectivity index (χ0v) is 19.0. The number of nitrogens with zero attached hydrogens (tertiary/aromatic N) is 3. The van der Waals surface area contributed by atoms with Crippen LogP contribution in [0.1, 0.15) is 67.1 Å². The molecule has 6 nitrogen and oxygen atoms in total. The fourth-order valence-electron chi connectivity index (χ4n) is 4.61. The monoisotopic (exact) mass is 427 g/mol. The summed E-state index contributed by atoms with van der Waals surface area (Å²) in [6.07, 6.45) is 4.28. The zero-order valence-electron chi connectivity index (χ0n) is 18.2. The lowest BCUT2D eigenvalue weighted by atomic mass is 9.92. The van der Waals surface area contributed by atoms with Gasteiger partial charge in [0.1, 0.15) is 0 Å². The van der Waals surface area contributed by atoms with Gasteiger partial charge in [0.2, 0.25) is 10.0 Å². The number of anilines is 1. The molecule has 30 heavy (non-hydrogen) atoms. The van der Waals surface area contributed by atoms with E-state index in [4.69, 9.17) is 0 Å². The van der Waals surface area contributed by atoms with Crippen LogP contribution < -0.4 is 4.90 Å². The van der Waals surface area contributed by atoms with Gasteiger partial charge in [0, 0.05) is 30.8 Å². The van der Waals surface area contributed by atoms with Crippen LogP contribution in [0.3, 0.4) is 0 Å². The van der Waals surface area contributed by atoms with E-state index >= 15 is 0 Å². The maximum Gasteiger partial charge on any atom is 0.259 e. The van der Waals surface area contributed by atoms with Crippen LogP contribution in [0.5, 0.6) is 0 Å². The van der Waals surface area contributed by atoms with Crippen molar-refractivity contribution in [3.63, 3.8) is 0 Å². The summed E-state index contributed by atoms with van der Waals surface area (Å²) >= 11 is 0. The Morgan fingerprint density at radius 2 is 1.90 bits per heavy atom. The SMILES string of the molecule is Cc1ccc2c(c1)C(C)(C)N(c1cncc([C@@H]3CCN(S(=O)(=O)C(C)C)C3)c1)C2=O. The molecule has 2 aliphatic heterocycles. The number of fused-ring (bicyclic) bond motifs is 1. The van der Waals surface area contributed by atoms with Crippen molar-refractivity contribution in [3.05, 3.63) is 58.9 Å². The molecule has 1 aromatic heterocycles. The van der Waals surface area contributed by atoms with E-state index in [1.54, 1.807) is 30.5 Å². The molecular formula is C23H29N3O3S. The highest BCUT2D eigenvalue weighted by atomic mass is 32.2. The van der Waals surface area contributed by atoms with E-state index in [2.05, 4.69) is 24.9 Å². The predicted octanol–water partition coefficient (Wildman–Crippen LogP) is 3.81. The fourth-order valence-corrected chi connectivity index (χ4v) is 5.95. The minimum atomic E-state index is -3.26. The Kier molecular flexibility index (Phi) is 5.02. The fraction of sp³-hybridized carbons (Fsp3) is 0.478. The van der Waals surface area contributed by atoms with E-state index in [1.807, 2.05) is 30.0 Å². The second kappa shape index (κ2) is 7.17. The third-order valence-electron chi connectivity index (χ3n) is 6.41. The number of pyridine rings is 1. The third kappa shape index (κ3) is 3.24. The van der Waals surface area contributed by atoms with Gasteiger partial charge in [0.25, 0.3) is 5.91 Å². The second-order valence-electron chi connectivity index (χ2n) is 9.16. The molecule has 160 valence electrons. The number of carbonyl (C=O) groups is 1. The molecule has 1 amide bonds. The van der Waals surface area contributed by atoms with Gasteiger partial charge in [-0.1, -0.05) is 17.7 Å². The first kappa shape index (κ1) is 21.0. The lowest BCUT2D eigenvalue weighted by Gasteiger charge is -2.32. The molecule has 1 aromatic carbocycles. The lowest BCUT2D eigenvalue weighted by molar-refractivity contribution is 0.0982. The van der Waals surface area contributed by atoms with Crippen molar-refractivity contribution in [1.82, 2.24) is 9.29 Å². The number of sulfonamides is 1. The number of hydrogen-bond donors (Lipinski definition) is 0. The van der Waals surface area contributed by atoms with Crippen LogP contribution in [0.4, 0.5) is 5.69 Å². The quantitative estimate of drug-likeness (QED) is 0.744. The topological polar surface area (TPSA) is 70.6 Å². The highest BCUT2D eigenvalue weighted by Crippen LogP contribution is 2.43. The number of benzene rings is 1. The van der Waals surface area contributed by atoms with Crippen molar-refractivity contribution in [2.24, 2.45) is 0 Å². The molecule has 0 bridgehead atoms. The first-order valence-electron chi connectivity index (χ1n) is 10.4. The van der Waals surface area contributed by atoms with Crippen molar-refractivity contribution >= 4 is 21.6 Å². The van der Waals surface area contributed by atoms with Crippen molar-refractivity contribution < 1.29 is 13.2 Å². The van der Waals surface area contributed by atoms with Crippen molar-refractivity contribution in [1.29, 1.82) is 0 Å². The van der Waals surface area contributed by atoms with Gasteiger partial charge in [-0.3, -0.25) is 14.7 Å². The van der Waals surface area contributed by atoms with Crippen LogP contribution in [-0.2, 0) is 15.6 Å². The molecule has 1 atom stereocenters. The lowest BCUT2D eigenvalue weighted by Crippen LogP contribution is -2.39. The molecule has 0 saturated carbocycles. The van der Waals surface area contributed by atoms with Gasteiger partial charge in [-0.15, -0.1) is 0 Å². The van der Waals surface area contributed by atoms with Crippen LogP contribution in [0.25, 0.3) is 0 Å². The van der Waals surface area contributed by atoms with Crippen LogP contribution in [0, 0.1) is 6.92 Å². The summed E-state index contributed by atoms with van der Waals surface area (Å²) in [6, 6.07) is 7.95. The minimum Gasteiger partial charge on any atom is -0.297 e. The smallest absolute Gasteiger partial charge is 0.259 e. The van der Waals surface area contributed by atoms with Gasteiger partial charge in [-0.25, -0.2) is 12.7 Å². The molecule has 0 spiro atoms. The second-order valence-corrected chi connectivity index (χ2v) is 11.7. The number of carbonyl (C=O) groups excluding carboxylic acids is 1. The molecule has 0 unspecified atom stereocenters. The largest absolute Gasteiger partial charge is 0.297 e. The summed E-state index contributed by atoms with van der Waals surface area (Å²) in [5.41, 5.74) is 4.12. The summed E-state index contributed by atoms with van der Waals surface area (Å²) in [6.45, 7) is 10.5. The number of hydrogen-bond acceptors (Lipinski definition) is 4. The maximum atomic E-state index is 13.2. The molecule has 2 aliphatic rings. The Balaban J connectivity index is 1.65.